The lowest BCUT2D eigenvalue weighted by Crippen LogP contribution is -2.60. The predicted octanol–water partition coefficient (Wildman–Crippen LogP) is 1.42. The minimum atomic E-state index is -0.517. The number of nitrogens with zero attached hydrogens (tertiary/aromatic N) is 2. The van der Waals surface area contributed by atoms with Crippen LogP contribution in [0.2, 0.25) is 0 Å². The van der Waals surface area contributed by atoms with Crippen LogP contribution < -0.4 is 0 Å². The molecule has 116 valence electrons. The molecule has 2 saturated heterocycles. The van der Waals surface area contributed by atoms with Gasteiger partial charge in [0.15, 0.2) is 0 Å². The molecule has 2 bridgehead atoms. The number of amides is 3. The van der Waals surface area contributed by atoms with Crippen molar-refractivity contribution in [2.75, 3.05) is 19.6 Å². The van der Waals surface area contributed by atoms with Crippen molar-refractivity contribution in [2.45, 2.75) is 46.5 Å². The number of rotatable bonds is 2. The fourth-order valence-corrected chi connectivity index (χ4v) is 4.25. The summed E-state index contributed by atoms with van der Waals surface area (Å²) in [6.07, 6.45) is 3.52. The van der Waals surface area contributed by atoms with Gasteiger partial charge in [-0.25, -0.2) is 0 Å². The number of hydrogen-bond acceptors (Lipinski definition) is 3. The van der Waals surface area contributed by atoms with Crippen molar-refractivity contribution in [2.24, 2.45) is 16.7 Å². The zero-order valence-electron chi connectivity index (χ0n) is 13.1. The molecule has 0 aromatic carbocycles. The van der Waals surface area contributed by atoms with Gasteiger partial charge in [-0.2, -0.15) is 0 Å². The summed E-state index contributed by atoms with van der Waals surface area (Å²) >= 11 is 0. The monoisotopic (exact) mass is 292 g/mol. The molecule has 0 N–H and O–H groups in total. The van der Waals surface area contributed by atoms with Gasteiger partial charge in [-0.3, -0.25) is 19.3 Å². The van der Waals surface area contributed by atoms with Crippen LogP contribution in [0, 0.1) is 16.7 Å². The molecule has 2 unspecified atom stereocenters. The van der Waals surface area contributed by atoms with Gasteiger partial charge >= 0.3 is 0 Å². The second-order valence-corrected chi connectivity index (χ2v) is 7.46. The number of imide groups is 1. The Morgan fingerprint density at radius 3 is 2.43 bits per heavy atom. The molecule has 2 heterocycles. The van der Waals surface area contributed by atoms with Gasteiger partial charge in [-0.05, 0) is 31.1 Å². The van der Waals surface area contributed by atoms with Gasteiger partial charge in [0.2, 0.25) is 17.7 Å². The molecule has 5 nitrogen and oxygen atoms in total. The lowest BCUT2D eigenvalue weighted by molar-refractivity contribution is -0.170. The smallest absolute Gasteiger partial charge is 0.242 e. The Kier molecular flexibility index (Phi) is 3.15. The summed E-state index contributed by atoms with van der Waals surface area (Å²) in [4.78, 5) is 40.7. The molecule has 21 heavy (non-hydrogen) atoms. The quantitative estimate of drug-likeness (QED) is 0.723. The first-order valence-corrected chi connectivity index (χ1v) is 7.92. The first-order chi connectivity index (χ1) is 9.79. The molecule has 3 aliphatic rings. The van der Waals surface area contributed by atoms with E-state index < -0.39 is 5.41 Å². The van der Waals surface area contributed by atoms with E-state index in [2.05, 4.69) is 0 Å². The SMILES string of the molecule is CC12CCC(C(=O)N(CC(=O)N3CCCC3)C1=O)C2(C)C. The summed E-state index contributed by atoms with van der Waals surface area (Å²) < 4.78 is 0. The van der Waals surface area contributed by atoms with Crippen molar-refractivity contribution in [3.05, 3.63) is 0 Å². The third kappa shape index (κ3) is 1.86. The second kappa shape index (κ2) is 4.55. The molecular formula is C16H24N2O3. The minimum absolute atomic E-state index is 0.0696. The van der Waals surface area contributed by atoms with E-state index in [1.807, 2.05) is 20.8 Å². The lowest BCUT2D eigenvalue weighted by Gasteiger charge is -2.47. The molecule has 0 aromatic heterocycles. The fourth-order valence-electron chi connectivity index (χ4n) is 4.25. The van der Waals surface area contributed by atoms with Gasteiger partial charge in [0.25, 0.3) is 0 Å². The fraction of sp³-hybridized carbons (Fsp3) is 0.812. The molecule has 1 aliphatic carbocycles. The molecule has 5 heteroatoms. The van der Waals surface area contributed by atoms with Gasteiger partial charge in [0.05, 0.1) is 5.41 Å². The Balaban J connectivity index is 1.82. The van der Waals surface area contributed by atoms with E-state index >= 15 is 0 Å². The number of carbonyl (C=O) groups excluding carboxylic acids is 3. The van der Waals surface area contributed by atoms with Gasteiger partial charge in [-0.15, -0.1) is 0 Å². The van der Waals surface area contributed by atoms with Crippen molar-refractivity contribution in [1.29, 1.82) is 0 Å². The Hall–Kier alpha value is -1.39. The van der Waals surface area contributed by atoms with E-state index in [1.54, 1.807) is 4.90 Å². The minimum Gasteiger partial charge on any atom is -0.341 e. The third-order valence-corrected chi connectivity index (χ3v) is 6.26. The van der Waals surface area contributed by atoms with E-state index in [0.29, 0.717) is 0 Å². The first kappa shape index (κ1) is 14.5. The van der Waals surface area contributed by atoms with Crippen LogP contribution in [0.25, 0.3) is 0 Å². The Morgan fingerprint density at radius 2 is 1.81 bits per heavy atom. The Bertz CT molecular complexity index is 508. The molecule has 2 aliphatic heterocycles. The predicted molar refractivity (Wildman–Crippen MR) is 77.1 cm³/mol. The molecule has 3 amide bonds. The van der Waals surface area contributed by atoms with Gasteiger partial charge in [0.1, 0.15) is 6.54 Å². The maximum atomic E-state index is 12.8. The highest BCUT2D eigenvalue weighted by Gasteiger charge is 2.64. The third-order valence-electron chi connectivity index (χ3n) is 6.26. The molecular weight excluding hydrogens is 268 g/mol. The second-order valence-electron chi connectivity index (χ2n) is 7.46. The summed E-state index contributed by atoms with van der Waals surface area (Å²) in [5.41, 5.74) is -0.828. The highest BCUT2D eigenvalue weighted by molar-refractivity contribution is 6.06. The molecule has 0 spiro atoms. The summed E-state index contributed by atoms with van der Waals surface area (Å²) in [7, 11) is 0. The maximum absolute atomic E-state index is 12.8. The number of piperidine rings is 1. The zero-order valence-corrected chi connectivity index (χ0v) is 13.1. The van der Waals surface area contributed by atoms with E-state index in [-0.39, 0.29) is 35.6 Å². The normalized spacial score (nSPS) is 34.7. The average molecular weight is 292 g/mol. The number of likely N-dealkylation sites (tertiary alicyclic amines) is 2. The summed E-state index contributed by atoms with van der Waals surface area (Å²) in [5.74, 6) is -0.519. The zero-order chi connectivity index (χ0) is 15.4. The van der Waals surface area contributed by atoms with Gasteiger partial charge in [0, 0.05) is 19.0 Å². The van der Waals surface area contributed by atoms with Crippen LogP contribution in [-0.4, -0.2) is 47.2 Å². The lowest BCUT2D eigenvalue weighted by atomic mass is 9.62. The van der Waals surface area contributed by atoms with Crippen LogP contribution >= 0.6 is 0 Å². The van der Waals surface area contributed by atoms with Crippen LogP contribution in [0.4, 0.5) is 0 Å². The molecule has 2 atom stereocenters. The topological polar surface area (TPSA) is 57.7 Å². The molecule has 0 aromatic rings. The van der Waals surface area contributed by atoms with Gasteiger partial charge in [-0.1, -0.05) is 20.8 Å². The number of hydrogen-bond donors (Lipinski definition) is 0. The van der Waals surface area contributed by atoms with Crippen molar-refractivity contribution >= 4 is 17.7 Å². The molecule has 0 radical (unpaired) electrons. The highest BCUT2D eigenvalue weighted by atomic mass is 16.2. The van der Waals surface area contributed by atoms with Gasteiger partial charge < -0.3 is 4.90 Å². The maximum Gasteiger partial charge on any atom is 0.242 e. The molecule has 3 fully saturated rings. The van der Waals surface area contributed by atoms with E-state index in [9.17, 15) is 14.4 Å². The summed E-state index contributed by atoms with van der Waals surface area (Å²) in [5, 5.41) is 0. The largest absolute Gasteiger partial charge is 0.341 e. The van der Waals surface area contributed by atoms with Crippen molar-refractivity contribution in [1.82, 2.24) is 9.80 Å². The standard InChI is InChI=1S/C16H24N2O3/c1-15(2)11-6-7-16(15,3)14(21)18(13(11)20)10-12(19)17-8-4-5-9-17/h11H,4-10H2,1-3H3. The Morgan fingerprint density at radius 1 is 1.19 bits per heavy atom. The van der Waals surface area contributed by atoms with E-state index in [1.165, 1.54) is 4.90 Å². The summed E-state index contributed by atoms with van der Waals surface area (Å²) in [6, 6.07) is 0. The average Bonchev–Trinajstić information content (AvgIpc) is 3.00. The van der Waals surface area contributed by atoms with Crippen molar-refractivity contribution in [3.63, 3.8) is 0 Å². The van der Waals surface area contributed by atoms with Crippen LogP contribution in [-0.2, 0) is 14.4 Å². The van der Waals surface area contributed by atoms with Crippen molar-refractivity contribution < 1.29 is 14.4 Å². The van der Waals surface area contributed by atoms with Crippen LogP contribution in [0.1, 0.15) is 46.5 Å². The molecule has 1 saturated carbocycles. The van der Waals surface area contributed by atoms with E-state index in [4.69, 9.17) is 0 Å². The first-order valence-electron chi connectivity index (χ1n) is 7.92. The molecule has 3 rings (SSSR count). The van der Waals surface area contributed by atoms with Crippen LogP contribution in [0.5, 0.6) is 0 Å². The van der Waals surface area contributed by atoms with E-state index in [0.717, 1.165) is 38.8 Å². The number of fused-ring (bicyclic) bond motifs is 2. The number of carbonyl (C=O) groups is 3. The summed E-state index contributed by atoms with van der Waals surface area (Å²) in [6.45, 7) is 7.41. The highest BCUT2D eigenvalue weighted by Crippen LogP contribution is 2.59. The van der Waals surface area contributed by atoms with Crippen LogP contribution in [0.3, 0.4) is 0 Å². The van der Waals surface area contributed by atoms with Crippen molar-refractivity contribution in [3.8, 4) is 0 Å². The van der Waals surface area contributed by atoms with Crippen LogP contribution in [0.15, 0.2) is 0 Å². The Labute approximate surface area is 125 Å².